The van der Waals surface area contributed by atoms with Crippen LogP contribution in [0.2, 0.25) is 0 Å². The second-order valence-corrected chi connectivity index (χ2v) is 13.5. The molecule has 6 rings (SSSR count). The summed E-state index contributed by atoms with van der Waals surface area (Å²) in [5, 5.41) is 8.91. The zero-order chi connectivity index (χ0) is 28.0. The van der Waals surface area contributed by atoms with Gasteiger partial charge in [-0.2, -0.15) is 5.10 Å². The number of imidazole rings is 1. The van der Waals surface area contributed by atoms with Gasteiger partial charge in [-0.25, -0.2) is 14.8 Å². The van der Waals surface area contributed by atoms with Gasteiger partial charge in [0.25, 0.3) is 0 Å². The number of thiophene rings is 1. The summed E-state index contributed by atoms with van der Waals surface area (Å²) in [6, 6.07) is 2.78. The maximum atomic E-state index is 12.9. The summed E-state index contributed by atoms with van der Waals surface area (Å²) in [6.07, 6.45) is 12.7. The summed E-state index contributed by atoms with van der Waals surface area (Å²) in [5.74, 6) is 0.663. The molecular formula is C28H34N8O2S2. The van der Waals surface area contributed by atoms with Crippen LogP contribution in [0.4, 0.5) is 15.6 Å². The number of ether oxygens (including phenoxy) is 1. The molecule has 1 aliphatic heterocycles. The maximum absolute atomic E-state index is 12.9. The fourth-order valence-corrected chi connectivity index (χ4v) is 6.60. The molecule has 1 fully saturated rings. The number of aryl methyl sites for hydroxylation is 2. The Hall–Kier alpha value is -3.35. The van der Waals surface area contributed by atoms with E-state index in [1.54, 1.807) is 32.9 Å². The zero-order valence-corrected chi connectivity index (χ0v) is 25.0. The van der Waals surface area contributed by atoms with Crippen molar-refractivity contribution in [3.63, 3.8) is 0 Å². The Morgan fingerprint density at radius 2 is 2.05 bits per heavy atom. The number of aromatic nitrogens is 5. The van der Waals surface area contributed by atoms with Gasteiger partial charge in [0.05, 0.1) is 39.5 Å². The van der Waals surface area contributed by atoms with Crippen LogP contribution in [0.15, 0.2) is 41.1 Å². The van der Waals surface area contributed by atoms with Crippen LogP contribution >= 0.6 is 23.3 Å². The SMILES string of the molecule is Cc1cc(Nc2nc(C3=CCCN(C(=O)OC(C)(C)C)C3)cn3c(-c4cnn(C)c4)cnc23)sc1SNC1CC1. The molecule has 210 valence electrons. The average molecular weight is 579 g/mol. The Labute approximate surface area is 242 Å². The van der Waals surface area contributed by atoms with Gasteiger partial charge in [0, 0.05) is 37.6 Å². The zero-order valence-electron chi connectivity index (χ0n) is 23.4. The van der Waals surface area contributed by atoms with Gasteiger partial charge >= 0.3 is 6.09 Å². The van der Waals surface area contributed by atoms with Gasteiger partial charge in [-0.15, -0.1) is 11.3 Å². The lowest BCUT2D eigenvalue weighted by Crippen LogP contribution is -2.39. The van der Waals surface area contributed by atoms with Crippen molar-refractivity contribution in [2.24, 2.45) is 7.05 Å². The van der Waals surface area contributed by atoms with Gasteiger partial charge in [0.1, 0.15) is 5.60 Å². The molecule has 0 aromatic carbocycles. The second-order valence-electron chi connectivity index (χ2n) is 11.3. The summed E-state index contributed by atoms with van der Waals surface area (Å²) in [4.78, 5) is 24.4. The van der Waals surface area contributed by atoms with E-state index in [-0.39, 0.29) is 6.09 Å². The number of anilines is 2. The monoisotopic (exact) mass is 578 g/mol. The fourth-order valence-electron chi connectivity index (χ4n) is 4.49. The highest BCUT2D eigenvalue weighted by atomic mass is 32.2. The third kappa shape index (κ3) is 5.89. The van der Waals surface area contributed by atoms with E-state index in [2.05, 4.69) is 38.6 Å². The molecule has 4 aromatic rings. The van der Waals surface area contributed by atoms with E-state index in [1.165, 1.54) is 22.6 Å². The molecule has 5 heterocycles. The number of nitrogens with one attached hydrogen (secondary N) is 2. The molecule has 1 amide bonds. The largest absolute Gasteiger partial charge is 0.444 e. The first-order valence-electron chi connectivity index (χ1n) is 13.5. The predicted octanol–water partition coefficient (Wildman–Crippen LogP) is 6.03. The molecule has 0 spiro atoms. The molecule has 0 bridgehead atoms. The van der Waals surface area contributed by atoms with E-state index in [1.807, 2.05) is 52.6 Å². The van der Waals surface area contributed by atoms with E-state index in [0.717, 1.165) is 39.6 Å². The number of rotatable bonds is 7. The molecule has 0 radical (unpaired) electrons. The molecular weight excluding hydrogens is 544 g/mol. The number of carbonyl (C=O) groups excluding carboxylic acids is 1. The topological polar surface area (TPSA) is 102 Å². The normalized spacial score (nSPS) is 15.9. The van der Waals surface area contributed by atoms with Crippen molar-refractivity contribution >= 4 is 51.4 Å². The molecule has 2 aliphatic rings. The first-order valence-corrected chi connectivity index (χ1v) is 15.1. The Kier molecular flexibility index (Phi) is 7.09. The minimum atomic E-state index is -0.549. The second kappa shape index (κ2) is 10.6. The highest BCUT2D eigenvalue weighted by Gasteiger charge is 2.26. The van der Waals surface area contributed by atoms with Gasteiger partial charge in [-0.05, 0) is 76.1 Å². The van der Waals surface area contributed by atoms with Crippen molar-refractivity contribution in [1.82, 2.24) is 33.8 Å². The summed E-state index contributed by atoms with van der Waals surface area (Å²) in [7, 11) is 1.90. The van der Waals surface area contributed by atoms with Crippen molar-refractivity contribution in [3.05, 3.63) is 48.2 Å². The minimum Gasteiger partial charge on any atom is -0.444 e. The number of hydrogen-bond donors (Lipinski definition) is 2. The first-order chi connectivity index (χ1) is 19.1. The third-order valence-corrected chi connectivity index (χ3v) is 9.04. The molecule has 40 heavy (non-hydrogen) atoms. The smallest absolute Gasteiger partial charge is 0.410 e. The van der Waals surface area contributed by atoms with Crippen molar-refractivity contribution in [3.8, 4) is 11.3 Å². The van der Waals surface area contributed by atoms with Gasteiger partial charge in [0.2, 0.25) is 0 Å². The molecule has 2 N–H and O–H groups in total. The van der Waals surface area contributed by atoms with Gasteiger partial charge in [-0.3, -0.25) is 13.8 Å². The summed E-state index contributed by atoms with van der Waals surface area (Å²) >= 11 is 3.41. The molecule has 10 nitrogen and oxygen atoms in total. The molecule has 0 saturated heterocycles. The first kappa shape index (κ1) is 26.9. The lowest BCUT2D eigenvalue weighted by molar-refractivity contribution is 0.0273. The van der Waals surface area contributed by atoms with Crippen LogP contribution in [-0.4, -0.2) is 59.9 Å². The number of carbonyl (C=O) groups is 1. The third-order valence-electron chi connectivity index (χ3n) is 6.63. The van der Waals surface area contributed by atoms with Crippen LogP contribution in [0.1, 0.15) is 51.3 Å². The van der Waals surface area contributed by atoms with Crippen LogP contribution < -0.4 is 10.0 Å². The summed E-state index contributed by atoms with van der Waals surface area (Å²) in [6.45, 7) is 8.83. The van der Waals surface area contributed by atoms with E-state index in [9.17, 15) is 4.79 Å². The van der Waals surface area contributed by atoms with Crippen LogP contribution in [-0.2, 0) is 11.8 Å². The van der Waals surface area contributed by atoms with Crippen molar-refractivity contribution < 1.29 is 9.53 Å². The number of hydrogen-bond acceptors (Lipinski definition) is 9. The molecule has 0 atom stereocenters. The fraction of sp³-hybridized carbons (Fsp3) is 0.429. The standard InChI is InChI=1S/C28H34N8O2S2/c1-17-11-23(39-26(17)40-33-20-8-9-20)32-24-25-29-13-22(19-12-30-34(5)14-19)36(25)16-21(31-24)18-7-6-10-35(15-18)27(37)38-28(2,3)4/h7,11-14,16,20,33H,6,8-10,15H2,1-5H3,(H,31,32). The molecule has 4 aromatic heterocycles. The van der Waals surface area contributed by atoms with Crippen molar-refractivity contribution in [1.29, 1.82) is 0 Å². The van der Waals surface area contributed by atoms with E-state index in [4.69, 9.17) is 14.7 Å². The molecule has 1 saturated carbocycles. The van der Waals surface area contributed by atoms with Gasteiger partial charge in [-0.1, -0.05) is 6.08 Å². The van der Waals surface area contributed by atoms with Gasteiger partial charge < -0.3 is 15.0 Å². The number of fused-ring (bicyclic) bond motifs is 1. The molecule has 0 unspecified atom stereocenters. The average Bonchev–Trinajstić information content (AvgIpc) is 3.29. The Balaban J connectivity index is 1.35. The van der Waals surface area contributed by atoms with Crippen LogP contribution in [0, 0.1) is 6.92 Å². The van der Waals surface area contributed by atoms with Gasteiger partial charge in [0.15, 0.2) is 11.5 Å². The minimum absolute atomic E-state index is 0.310. The van der Waals surface area contributed by atoms with Crippen molar-refractivity contribution in [2.45, 2.75) is 62.8 Å². The Morgan fingerprint density at radius 3 is 2.77 bits per heavy atom. The van der Waals surface area contributed by atoms with Crippen LogP contribution in [0.3, 0.4) is 0 Å². The highest BCUT2D eigenvalue weighted by Crippen LogP contribution is 2.38. The summed E-state index contributed by atoms with van der Waals surface area (Å²) in [5.41, 5.74) is 5.03. The molecule has 1 aliphatic carbocycles. The lowest BCUT2D eigenvalue weighted by atomic mass is 10.1. The lowest BCUT2D eigenvalue weighted by Gasteiger charge is -2.30. The van der Waals surface area contributed by atoms with E-state index >= 15 is 0 Å². The number of amides is 1. The molecule has 12 heteroatoms. The van der Waals surface area contributed by atoms with Crippen molar-refractivity contribution in [2.75, 3.05) is 18.4 Å². The highest BCUT2D eigenvalue weighted by molar-refractivity contribution is 7.99. The van der Waals surface area contributed by atoms with E-state index in [0.29, 0.717) is 24.9 Å². The maximum Gasteiger partial charge on any atom is 0.410 e. The predicted molar refractivity (Wildman–Crippen MR) is 160 cm³/mol. The van der Waals surface area contributed by atoms with E-state index < -0.39 is 5.60 Å². The number of nitrogens with zero attached hydrogens (tertiary/aromatic N) is 6. The Morgan fingerprint density at radius 1 is 1.23 bits per heavy atom. The van der Waals surface area contributed by atoms with Crippen LogP contribution in [0.5, 0.6) is 0 Å². The Bertz CT molecular complexity index is 1590. The summed E-state index contributed by atoms with van der Waals surface area (Å²) < 4.78 is 14.3. The van der Waals surface area contributed by atoms with Crippen LogP contribution in [0.25, 0.3) is 22.5 Å². The quantitative estimate of drug-likeness (QED) is 0.257.